The van der Waals surface area contributed by atoms with Gasteiger partial charge in [-0.05, 0) is 44.9 Å². The summed E-state index contributed by atoms with van der Waals surface area (Å²) >= 11 is 3.49. The van der Waals surface area contributed by atoms with Gasteiger partial charge in [-0.3, -0.25) is 0 Å². The van der Waals surface area contributed by atoms with Gasteiger partial charge < -0.3 is 4.74 Å². The summed E-state index contributed by atoms with van der Waals surface area (Å²) in [5, 5.41) is 2.10. The van der Waals surface area contributed by atoms with Gasteiger partial charge in [0.15, 0.2) is 5.82 Å². The number of pyridine rings is 1. The lowest BCUT2D eigenvalue weighted by Gasteiger charge is -2.09. The molecular weight excluding hydrogens is 309 g/mol. The molecule has 2 nitrogen and oxygen atoms in total. The van der Waals surface area contributed by atoms with Crippen molar-refractivity contribution < 1.29 is 9.13 Å². The molecule has 0 aliphatic carbocycles. The van der Waals surface area contributed by atoms with Crippen LogP contribution in [0.15, 0.2) is 59.2 Å². The number of ether oxygens (including phenoxy) is 1. The van der Waals surface area contributed by atoms with Crippen molar-refractivity contribution >= 4 is 26.7 Å². The van der Waals surface area contributed by atoms with Crippen molar-refractivity contribution in [3.8, 4) is 11.6 Å². The van der Waals surface area contributed by atoms with Gasteiger partial charge in [-0.25, -0.2) is 9.37 Å². The smallest absolute Gasteiger partial charge is 0.255 e. The van der Waals surface area contributed by atoms with Crippen LogP contribution in [0.5, 0.6) is 11.6 Å². The van der Waals surface area contributed by atoms with Gasteiger partial charge in [0.1, 0.15) is 5.75 Å². The number of rotatable bonds is 2. The average molecular weight is 318 g/mol. The highest BCUT2D eigenvalue weighted by molar-refractivity contribution is 9.10. The summed E-state index contributed by atoms with van der Waals surface area (Å²) in [4.78, 5) is 3.88. The van der Waals surface area contributed by atoms with Crippen molar-refractivity contribution in [3.63, 3.8) is 0 Å². The molecule has 0 radical (unpaired) electrons. The quantitative estimate of drug-likeness (QED) is 0.668. The Morgan fingerprint density at radius 2 is 1.84 bits per heavy atom. The maximum absolute atomic E-state index is 13.5. The molecule has 0 fully saturated rings. The molecule has 3 aromatic rings. The number of hydrogen-bond donors (Lipinski definition) is 0. The van der Waals surface area contributed by atoms with Crippen LogP contribution in [-0.2, 0) is 0 Å². The van der Waals surface area contributed by atoms with Crippen molar-refractivity contribution in [1.29, 1.82) is 0 Å². The van der Waals surface area contributed by atoms with E-state index < -0.39 is 5.82 Å². The zero-order valence-electron chi connectivity index (χ0n) is 9.81. The Bertz CT molecular complexity index is 745. The molecule has 0 bridgehead atoms. The van der Waals surface area contributed by atoms with Gasteiger partial charge in [-0.2, -0.15) is 0 Å². The van der Waals surface area contributed by atoms with E-state index in [0.717, 1.165) is 15.2 Å². The topological polar surface area (TPSA) is 22.1 Å². The lowest BCUT2D eigenvalue weighted by Crippen LogP contribution is -1.92. The minimum Gasteiger partial charge on any atom is -0.435 e. The Morgan fingerprint density at radius 1 is 1.00 bits per heavy atom. The third-order valence-electron chi connectivity index (χ3n) is 2.76. The van der Waals surface area contributed by atoms with Crippen molar-refractivity contribution in [2.24, 2.45) is 0 Å². The molecular formula is C15H9BrFNO. The molecule has 0 spiro atoms. The Kier molecular flexibility index (Phi) is 3.17. The summed E-state index contributed by atoms with van der Waals surface area (Å²) in [5.74, 6) is 0.0253. The molecule has 0 saturated carbocycles. The summed E-state index contributed by atoms with van der Waals surface area (Å²) in [5.41, 5.74) is 0. The first-order valence-electron chi connectivity index (χ1n) is 5.71. The number of hydrogen-bond acceptors (Lipinski definition) is 2. The number of halogens is 2. The number of fused-ring (bicyclic) bond motifs is 1. The summed E-state index contributed by atoms with van der Waals surface area (Å²) in [6.07, 6.45) is 1.49. The molecule has 1 aromatic heterocycles. The fourth-order valence-corrected chi connectivity index (χ4v) is 2.42. The van der Waals surface area contributed by atoms with Crippen LogP contribution in [-0.4, -0.2) is 4.98 Å². The zero-order valence-corrected chi connectivity index (χ0v) is 11.4. The lowest BCUT2D eigenvalue weighted by atomic mass is 10.1. The van der Waals surface area contributed by atoms with Crippen LogP contribution in [0.2, 0.25) is 0 Å². The largest absolute Gasteiger partial charge is 0.435 e. The first-order valence-corrected chi connectivity index (χ1v) is 6.50. The monoisotopic (exact) mass is 317 g/mol. The van der Waals surface area contributed by atoms with E-state index in [1.54, 1.807) is 6.07 Å². The van der Waals surface area contributed by atoms with Crippen LogP contribution in [0, 0.1) is 5.82 Å². The molecule has 0 aliphatic rings. The highest BCUT2D eigenvalue weighted by Gasteiger charge is 2.10. The van der Waals surface area contributed by atoms with E-state index in [1.807, 2.05) is 30.3 Å². The van der Waals surface area contributed by atoms with E-state index in [9.17, 15) is 4.39 Å². The van der Waals surface area contributed by atoms with Crippen LogP contribution >= 0.6 is 15.9 Å². The van der Waals surface area contributed by atoms with Crippen molar-refractivity contribution in [2.45, 2.75) is 0 Å². The van der Waals surface area contributed by atoms with Gasteiger partial charge in [0, 0.05) is 6.20 Å². The Hall–Kier alpha value is -1.94. The van der Waals surface area contributed by atoms with Crippen molar-refractivity contribution in [3.05, 3.63) is 65.0 Å². The van der Waals surface area contributed by atoms with E-state index in [2.05, 4.69) is 20.9 Å². The minimum absolute atomic E-state index is 0.0292. The van der Waals surface area contributed by atoms with Gasteiger partial charge >= 0.3 is 0 Å². The summed E-state index contributed by atoms with van der Waals surface area (Å²) in [6, 6.07) is 14.4. The molecule has 19 heavy (non-hydrogen) atoms. The molecule has 0 unspecified atom stereocenters. The Morgan fingerprint density at radius 3 is 2.68 bits per heavy atom. The standard InChI is InChI=1S/C15H9BrFNO/c16-14-11-5-2-1-4-10(11)7-8-13(14)19-15-12(17)6-3-9-18-15/h1-9H. The second-order valence-electron chi connectivity index (χ2n) is 3.99. The van der Waals surface area contributed by atoms with E-state index in [0.29, 0.717) is 5.75 Å². The second kappa shape index (κ2) is 4.97. The van der Waals surface area contributed by atoms with Crippen LogP contribution in [0.1, 0.15) is 0 Å². The summed E-state index contributed by atoms with van der Waals surface area (Å²) in [6.45, 7) is 0. The van der Waals surface area contributed by atoms with E-state index in [4.69, 9.17) is 4.74 Å². The molecule has 2 aromatic carbocycles. The van der Waals surface area contributed by atoms with Crippen LogP contribution < -0.4 is 4.74 Å². The maximum atomic E-state index is 13.5. The molecule has 94 valence electrons. The molecule has 0 atom stereocenters. The van der Waals surface area contributed by atoms with Crippen molar-refractivity contribution in [2.75, 3.05) is 0 Å². The number of benzene rings is 2. The fraction of sp³-hybridized carbons (Fsp3) is 0. The van der Waals surface area contributed by atoms with Gasteiger partial charge in [0.05, 0.1) is 4.47 Å². The van der Waals surface area contributed by atoms with Gasteiger partial charge in [0.2, 0.25) is 0 Å². The molecule has 1 heterocycles. The predicted octanol–water partition coefficient (Wildman–Crippen LogP) is 4.93. The summed E-state index contributed by atoms with van der Waals surface area (Å²) in [7, 11) is 0. The minimum atomic E-state index is -0.484. The Labute approximate surface area is 118 Å². The zero-order chi connectivity index (χ0) is 13.2. The number of nitrogens with zero attached hydrogens (tertiary/aromatic N) is 1. The first kappa shape index (κ1) is 12.1. The van der Waals surface area contributed by atoms with Crippen LogP contribution in [0.25, 0.3) is 10.8 Å². The molecule has 0 N–H and O–H groups in total. The first-order chi connectivity index (χ1) is 9.25. The molecule has 0 amide bonds. The van der Waals surface area contributed by atoms with E-state index in [1.165, 1.54) is 18.3 Å². The fourth-order valence-electron chi connectivity index (χ4n) is 1.84. The van der Waals surface area contributed by atoms with E-state index in [-0.39, 0.29) is 5.88 Å². The third kappa shape index (κ3) is 2.31. The average Bonchev–Trinajstić information content (AvgIpc) is 2.44. The Balaban J connectivity index is 2.07. The normalized spacial score (nSPS) is 10.6. The van der Waals surface area contributed by atoms with Crippen LogP contribution in [0.3, 0.4) is 0 Å². The molecule has 0 aliphatic heterocycles. The third-order valence-corrected chi connectivity index (χ3v) is 3.58. The molecule has 3 rings (SSSR count). The van der Waals surface area contributed by atoms with Crippen LogP contribution in [0.4, 0.5) is 4.39 Å². The van der Waals surface area contributed by atoms with Crippen molar-refractivity contribution in [1.82, 2.24) is 4.98 Å². The van der Waals surface area contributed by atoms with Gasteiger partial charge in [-0.15, -0.1) is 0 Å². The maximum Gasteiger partial charge on any atom is 0.255 e. The SMILES string of the molecule is Fc1cccnc1Oc1ccc2ccccc2c1Br. The second-order valence-corrected chi connectivity index (χ2v) is 4.78. The predicted molar refractivity (Wildman–Crippen MR) is 75.9 cm³/mol. The lowest BCUT2D eigenvalue weighted by molar-refractivity contribution is 0.421. The highest BCUT2D eigenvalue weighted by atomic mass is 79.9. The van der Waals surface area contributed by atoms with E-state index >= 15 is 0 Å². The molecule has 0 saturated heterocycles. The summed E-state index contributed by atoms with van der Waals surface area (Å²) < 4.78 is 19.8. The van der Waals surface area contributed by atoms with Gasteiger partial charge in [-0.1, -0.05) is 30.3 Å². The highest BCUT2D eigenvalue weighted by Crippen LogP contribution is 2.35. The molecule has 4 heteroatoms. The van der Waals surface area contributed by atoms with Gasteiger partial charge in [0.25, 0.3) is 5.88 Å². The number of aromatic nitrogens is 1.